The molecule has 0 aromatic carbocycles. The van der Waals surface area contributed by atoms with Gasteiger partial charge in [-0.1, -0.05) is 19.1 Å². The lowest BCUT2D eigenvalue weighted by atomic mass is 9.99. The first-order chi connectivity index (χ1) is 5.99. The minimum Gasteiger partial charge on any atom is -0.480 e. The Morgan fingerprint density at radius 3 is 2.54 bits per heavy atom. The van der Waals surface area contributed by atoms with Crippen LogP contribution >= 0.6 is 0 Å². The van der Waals surface area contributed by atoms with Crippen molar-refractivity contribution < 1.29 is 15.0 Å². The molecule has 0 aliphatic heterocycles. The first kappa shape index (κ1) is 12.1. The highest BCUT2D eigenvalue weighted by molar-refractivity contribution is 5.73. The summed E-state index contributed by atoms with van der Waals surface area (Å²) in [6.45, 7) is 3.78. The van der Waals surface area contributed by atoms with Crippen LogP contribution in [-0.2, 0) is 4.79 Å². The van der Waals surface area contributed by atoms with Crippen molar-refractivity contribution in [3.8, 4) is 0 Å². The maximum atomic E-state index is 10.4. The number of aliphatic carboxylic acids is 1. The molecule has 0 bridgehead atoms. The van der Waals surface area contributed by atoms with Gasteiger partial charge in [0.1, 0.15) is 6.04 Å². The number of aliphatic hydroxyl groups excluding tert-OH is 1. The summed E-state index contributed by atoms with van der Waals surface area (Å²) in [6.07, 6.45) is 3.16. The van der Waals surface area contributed by atoms with E-state index in [9.17, 15) is 9.90 Å². The molecule has 0 spiro atoms. The van der Waals surface area contributed by atoms with Gasteiger partial charge < -0.3 is 15.9 Å². The van der Waals surface area contributed by atoms with E-state index in [1.54, 1.807) is 0 Å². The molecule has 4 heteroatoms. The summed E-state index contributed by atoms with van der Waals surface area (Å²) < 4.78 is 0. The molecule has 0 amide bonds. The van der Waals surface area contributed by atoms with E-state index in [1.807, 2.05) is 26.0 Å². The Hall–Kier alpha value is -0.870. The third-order valence-corrected chi connectivity index (χ3v) is 1.83. The van der Waals surface area contributed by atoms with Crippen LogP contribution in [0.25, 0.3) is 0 Å². The number of carbonyl (C=O) groups is 1. The molecule has 0 saturated carbocycles. The van der Waals surface area contributed by atoms with Crippen LogP contribution in [0.5, 0.6) is 0 Å². The van der Waals surface area contributed by atoms with E-state index < -0.39 is 18.1 Å². The quantitative estimate of drug-likeness (QED) is 0.543. The lowest BCUT2D eigenvalue weighted by Crippen LogP contribution is -2.42. The van der Waals surface area contributed by atoms with Gasteiger partial charge in [0.25, 0.3) is 0 Å². The van der Waals surface area contributed by atoms with Crippen LogP contribution in [0.4, 0.5) is 0 Å². The van der Waals surface area contributed by atoms with Gasteiger partial charge in [-0.15, -0.1) is 0 Å². The van der Waals surface area contributed by atoms with Gasteiger partial charge in [-0.3, -0.25) is 4.79 Å². The molecule has 0 aromatic rings. The number of carboxylic acid groups (broad SMARTS) is 1. The van der Waals surface area contributed by atoms with E-state index in [0.717, 1.165) is 0 Å². The molecule has 0 saturated heterocycles. The standard InChI is InChI=1S/C9H17NO3/c1-3-4-6(2)5-7(11)8(10)9(12)13/h3-4,6-8,11H,5,10H2,1-2H3,(H,12,13)/b4-3+/t6?,7-,8+/m0/s1. The Morgan fingerprint density at radius 2 is 2.15 bits per heavy atom. The number of aliphatic hydroxyl groups is 1. The third-order valence-electron chi connectivity index (χ3n) is 1.83. The SMILES string of the molecule is C/C=C/C(C)C[C@H](O)[C@@H](N)C(=O)O. The van der Waals surface area contributed by atoms with Gasteiger partial charge in [0, 0.05) is 0 Å². The maximum Gasteiger partial charge on any atom is 0.323 e. The normalized spacial score (nSPS) is 18.5. The highest BCUT2D eigenvalue weighted by atomic mass is 16.4. The van der Waals surface area contributed by atoms with E-state index in [-0.39, 0.29) is 5.92 Å². The van der Waals surface area contributed by atoms with Crippen LogP contribution in [0.1, 0.15) is 20.3 Å². The summed E-state index contributed by atoms with van der Waals surface area (Å²) in [7, 11) is 0. The topological polar surface area (TPSA) is 83.5 Å². The van der Waals surface area contributed by atoms with Crippen molar-refractivity contribution in [2.45, 2.75) is 32.4 Å². The van der Waals surface area contributed by atoms with Crippen molar-refractivity contribution in [3.63, 3.8) is 0 Å². The molecule has 4 N–H and O–H groups in total. The number of allylic oxidation sites excluding steroid dienone is 2. The van der Waals surface area contributed by atoms with Gasteiger partial charge in [0.15, 0.2) is 0 Å². The molecular formula is C9H17NO3. The Morgan fingerprint density at radius 1 is 1.62 bits per heavy atom. The van der Waals surface area contributed by atoms with Crippen molar-refractivity contribution in [2.75, 3.05) is 0 Å². The van der Waals surface area contributed by atoms with Crippen LogP contribution in [0.3, 0.4) is 0 Å². The second-order valence-electron chi connectivity index (χ2n) is 3.17. The molecule has 1 unspecified atom stereocenters. The molecule has 0 radical (unpaired) electrons. The van der Waals surface area contributed by atoms with Crippen molar-refractivity contribution >= 4 is 5.97 Å². The molecule has 3 atom stereocenters. The molecular weight excluding hydrogens is 170 g/mol. The van der Waals surface area contributed by atoms with Gasteiger partial charge in [-0.2, -0.15) is 0 Å². The monoisotopic (exact) mass is 187 g/mol. The number of nitrogens with two attached hydrogens (primary N) is 1. The zero-order chi connectivity index (χ0) is 10.4. The summed E-state index contributed by atoms with van der Waals surface area (Å²) in [5.74, 6) is -1.02. The average Bonchev–Trinajstić information content (AvgIpc) is 2.03. The minimum atomic E-state index is -1.19. The molecule has 13 heavy (non-hydrogen) atoms. The predicted octanol–water partition coefficient (Wildman–Crippen LogP) is 0.362. The smallest absolute Gasteiger partial charge is 0.323 e. The lowest BCUT2D eigenvalue weighted by Gasteiger charge is -2.16. The summed E-state index contributed by atoms with van der Waals surface area (Å²) in [5.41, 5.74) is 5.23. The summed E-state index contributed by atoms with van der Waals surface area (Å²) in [5, 5.41) is 17.8. The van der Waals surface area contributed by atoms with E-state index in [4.69, 9.17) is 10.8 Å². The van der Waals surface area contributed by atoms with Gasteiger partial charge in [0.2, 0.25) is 0 Å². The van der Waals surface area contributed by atoms with E-state index in [0.29, 0.717) is 6.42 Å². The Kier molecular flexibility index (Phi) is 5.34. The van der Waals surface area contributed by atoms with E-state index in [2.05, 4.69) is 0 Å². The van der Waals surface area contributed by atoms with E-state index in [1.165, 1.54) is 0 Å². The minimum absolute atomic E-state index is 0.144. The molecule has 0 fully saturated rings. The molecule has 0 aliphatic carbocycles. The second-order valence-corrected chi connectivity index (χ2v) is 3.17. The van der Waals surface area contributed by atoms with Gasteiger partial charge >= 0.3 is 5.97 Å². The maximum absolute atomic E-state index is 10.4. The Labute approximate surface area is 78.1 Å². The largest absolute Gasteiger partial charge is 0.480 e. The van der Waals surface area contributed by atoms with Gasteiger partial charge in [-0.05, 0) is 19.3 Å². The van der Waals surface area contributed by atoms with Gasteiger partial charge in [-0.25, -0.2) is 0 Å². The van der Waals surface area contributed by atoms with Crippen LogP contribution in [0.2, 0.25) is 0 Å². The summed E-state index contributed by atoms with van der Waals surface area (Å²) >= 11 is 0. The zero-order valence-corrected chi connectivity index (χ0v) is 7.97. The molecule has 0 aromatic heterocycles. The first-order valence-electron chi connectivity index (χ1n) is 4.28. The van der Waals surface area contributed by atoms with E-state index >= 15 is 0 Å². The molecule has 0 heterocycles. The van der Waals surface area contributed by atoms with Crippen LogP contribution < -0.4 is 5.73 Å². The first-order valence-corrected chi connectivity index (χ1v) is 4.28. The number of hydrogen-bond acceptors (Lipinski definition) is 3. The van der Waals surface area contributed by atoms with Crippen LogP contribution in [0.15, 0.2) is 12.2 Å². The van der Waals surface area contributed by atoms with Crippen molar-refractivity contribution in [3.05, 3.63) is 12.2 Å². The highest BCUT2D eigenvalue weighted by Gasteiger charge is 2.22. The number of carboxylic acids is 1. The highest BCUT2D eigenvalue weighted by Crippen LogP contribution is 2.09. The Bertz CT molecular complexity index is 191. The lowest BCUT2D eigenvalue weighted by molar-refractivity contribution is -0.141. The fourth-order valence-electron chi connectivity index (χ4n) is 1.10. The van der Waals surface area contributed by atoms with Crippen LogP contribution in [-0.4, -0.2) is 28.3 Å². The van der Waals surface area contributed by atoms with Crippen molar-refractivity contribution in [2.24, 2.45) is 11.7 Å². The zero-order valence-electron chi connectivity index (χ0n) is 7.97. The Balaban J connectivity index is 3.98. The summed E-state index contributed by atoms with van der Waals surface area (Å²) in [4.78, 5) is 10.4. The number of rotatable bonds is 5. The van der Waals surface area contributed by atoms with Crippen molar-refractivity contribution in [1.29, 1.82) is 0 Å². The second kappa shape index (κ2) is 5.72. The molecule has 0 rings (SSSR count). The molecule has 76 valence electrons. The number of hydrogen-bond donors (Lipinski definition) is 3. The molecule has 0 aliphatic rings. The fraction of sp³-hybridized carbons (Fsp3) is 0.667. The molecule has 4 nitrogen and oxygen atoms in total. The fourth-order valence-corrected chi connectivity index (χ4v) is 1.10. The predicted molar refractivity (Wildman–Crippen MR) is 50.2 cm³/mol. The third kappa shape index (κ3) is 4.65. The average molecular weight is 187 g/mol. The summed E-state index contributed by atoms with van der Waals surface area (Å²) in [6, 6.07) is -1.19. The van der Waals surface area contributed by atoms with Gasteiger partial charge in [0.05, 0.1) is 6.10 Å². The van der Waals surface area contributed by atoms with Crippen LogP contribution in [0, 0.1) is 5.92 Å². The van der Waals surface area contributed by atoms with Crippen molar-refractivity contribution in [1.82, 2.24) is 0 Å².